The molecule has 2 rings (SSSR count). The van der Waals surface area contributed by atoms with Gasteiger partial charge in [-0.15, -0.1) is 0 Å². The first-order valence-corrected chi connectivity index (χ1v) is 7.47. The van der Waals surface area contributed by atoms with Crippen molar-refractivity contribution < 1.29 is 4.79 Å². The van der Waals surface area contributed by atoms with Crippen molar-refractivity contribution in [2.75, 3.05) is 24.5 Å². The van der Waals surface area contributed by atoms with Crippen LogP contribution >= 0.6 is 0 Å². The molecule has 110 valence electrons. The van der Waals surface area contributed by atoms with Crippen LogP contribution in [0.4, 0.5) is 5.69 Å². The van der Waals surface area contributed by atoms with Gasteiger partial charge in [0.2, 0.25) is 5.91 Å². The van der Waals surface area contributed by atoms with E-state index in [0.29, 0.717) is 12.3 Å². The minimum atomic E-state index is 0.0980. The Kier molecular flexibility index (Phi) is 5.41. The van der Waals surface area contributed by atoms with Crippen molar-refractivity contribution in [2.45, 2.75) is 32.2 Å². The number of amides is 1. The molecule has 0 spiro atoms. The van der Waals surface area contributed by atoms with Crippen LogP contribution in [0.5, 0.6) is 0 Å². The summed E-state index contributed by atoms with van der Waals surface area (Å²) in [5.74, 6) is 0.676. The van der Waals surface area contributed by atoms with E-state index in [2.05, 4.69) is 34.5 Å². The number of nitrogens with one attached hydrogen (secondary N) is 1. The Bertz CT molecular complexity index is 419. The lowest BCUT2D eigenvalue weighted by Gasteiger charge is -2.18. The molecule has 0 bridgehead atoms. The largest absolute Gasteiger partial charge is 0.371 e. The van der Waals surface area contributed by atoms with Crippen LogP contribution in [-0.4, -0.2) is 31.6 Å². The highest BCUT2D eigenvalue weighted by molar-refractivity contribution is 5.75. The molecule has 1 amide bonds. The SMILES string of the molecule is CC(N)CCC(=O)NCC1CCN(c2ccccc2)C1. The quantitative estimate of drug-likeness (QED) is 0.831. The van der Waals surface area contributed by atoms with Crippen LogP contribution in [0.25, 0.3) is 0 Å². The summed E-state index contributed by atoms with van der Waals surface area (Å²) < 4.78 is 0. The number of carbonyl (C=O) groups is 1. The second kappa shape index (κ2) is 7.29. The van der Waals surface area contributed by atoms with Crippen LogP contribution < -0.4 is 16.0 Å². The van der Waals surface area contributed by atoms with Gasteiger partial charge in [-0.2, -0.15) is 0 Å². The van der Waals surface area contributed by atoms with Crippen LogP contribution in [0.3, 0.4) is 0 Å². The number of anilines is 1. The molecule has 20 heavy (non-hydrogen) atoms. The second-order valence-corrected chi connectivity index (χ2v) is 5.76. The lowest BCUT2D eigenvalue weighted by molar-refractivity contribution is -0.121. The fourth-order valence-electron chi connectivity index (χ4n) is 2.58. The number of hydrogen-bond acceptors (Lipinski definition) is 3. The molecule has 1 aromatic rings. The molecular weight excluding hydrogens is 250 g/mol. The molecule has 1 heterocycles. The van der Waals surface area contributed by atoms with Crippen LogP contribution in [0, 0.1) is 5.92 Å². The van der Waals surface area contributed by atoms with E-state index in [4.69, 9.17) is 5.73 Å². The third kappa shape index (κ3) is 4.53. The fraction of sp³-hybridized carbons (Fsp3) is 0.562. The summed E-state index contributed by atoms with van der Waals surface area (Å²) in [6, 6.07) is 10.6. The summed E-state index contributed by atoms with van der Waals surface area (Å²) in [6.45, 7) is 4.81. The molecule has 4 heteroatoms. The van der Waals surface area contributed by atoms with Crippen molar-refractivity contribution in [2.24, 2.45) is 11.7 Å². The van der Waals surface area contributed by atoms with Gasteiger partial charge in [0.15, 0.2) is 0 Å². The fourth-order valence-corrected chi connectivity index (χ4v) is 2.58. The van der Waals surface area contributed by atoms with E-state index in [1.165, 1.54) is 5.69 Å². The Balaban J connectivity index is 1.70. The van der Waals surface area contributed by atoms with Crippen LogP contribution in [0.15, 0.2) is 30.3 Å². The highest BCUT2D eigenvalue weighted by Gasteiger charge is 2.22. The molecule has 3 N–H and O–H groups in total. The van der Waals surface area contributed by atoms with Crippen molar-refractivity contribution in [3.8, 4) is 0 Å². The zero-order chi connectivity index (χ0) is 14.4. The molecule has 0 saturated carbocycles. The third-order valence-electron chi connectivity index (χ3n) is 3.82. The smallest absolute Gasteiger partial charge is 0.220 e. The van der Waals surface area contributed by atoms with Crippen molar-refractivity contribution in [1.82, 2.24) is 5.32 Å². The van der Waals surface area contributed by atoms with E-state index >= 15 is 0 Å². The summed E-state index contributed by atoms with van der Waals surface area (Å²) in [7, 11) is 0. The summed E-state index contributed by atoms with van der Waals surface area (Å²) in [6.07, 6.45) is 2.43. The van der Waals surface area contributed by atoms with Gasteiger partial charge in [-0.1, -0.05) is 18.2 Å². The lowest BCUT2D eigenvalue weighted by atomic mass is 10.1. The number of hydrogen-bond donors (Lipinski definition) is 2. The topological polar surface area (TPSA) is 58.4 Å². The van der Waals surface area contributed by atoms with Crippen LogP contribution in [0.2, 0.25) is 0 Å². The molecule has 0 aliphatic carbocycles. The molecule has 0 aromatic heterocycles. The van der Waals surface area contributed by atoms with Gasteiger partial charge in [-0.25, -0.2) is 0 Å². The van der Waals surface area contributed by atoms with Crippen molar-refractivity contribution >= 4 is 11.6 Å². The highest BCUT2D eigenvalue weighted by atomic mass is 16.1. The van der Waals surface area contributed by atoms with E-state index in [9.17, 15) is 4.79 Å². The Hall–Kier alpha value is -1.55. The molecule has 1 aliphatic heterocycles. The summed E-state index contributed by atoms with van der Waals surface area (Å²) in [5, 5.41) is 3.03. The molecule has 1 aliphatic rings. The highest BCUT2D eigenvalue weighted by Crippen LogP contribution is 2.22. The van der Waals surface area contributed by atoms with Crippen molar-refractivity contribution in [1.29, 1.82) is 0 Å². The number of carbonyl (C=O) groups excluding carboxylic acids is 1. The Labute approximate surface area is 121 Å². The van der Waals surface area contributed by atoms with Gasteiger partial charge in [0.05, 0.1) is 0 Å². The first-order valence-electron chi connectivity index (χ1n) is 7.47. The van der Waals surface area contributed by atoms with E-state index in [1.807, 2.05) is 13.0 Å². The first kappa shape index (κ1) is 14.9. The molecule has 0 radical (unpaired) electrons. The molecule has 1 aromatic carbocycles. The van der Waals surface area contributed by atoms with Crippen LogP contribution in [-0.2, 0) is 4.79 Å². The maximum Gasteiger partial charge on any atom is 0.220 e. The maximum absolute atomic E-state index is 11.7. The average Bonchev–Trinajstić information content (AvgIpc) is 2.93. The standard InChI is InChI=1S/C16H25N3O/c1-13(17)7-8-16(20)18-11-14-9-10-19(12-14)15-5-3-2-4-6-15/h2-6,13-14H,7-12,17H2,1H3,(H,18,20). The first-order chi connectivity index (χ1) is 9.65. The minimum absolute atomic E-state index is 0.0980. The van der Waals surface area contributed by atoms with E-state index < -0.39 is 0 Å². The molecule has 1 saturated heterocycles. The lowest BCUT2D eigenvalue weighted by Crippen LogP contribution is -2.31. The molecule has 2 unspecified atom stereocenters. The summed E-state index contributed by atoms with van der Waals surface area (Å²) in [4.78, 5) is 14.1. The van der Waals surface area contributed by atoms with Gasteiger partial charge >= 0.3 is 0 Å². The van der Waals surface area contributed by atoms with E-state index in [0.717, 1.165) is 32.5 Å². The predicted molar refractivity (Wildman–Crippen MR) is 82.7 cm³/mol. The number of benzene rings is 1. The van der Waals surface area contributed by atoms with Crippen molar-refractivity contribution in [3.05, 3.63) is 30.3 Å². The van der Waals surface area contributed by atoms with E-state index in [-0.39, 0.29) is 11.9 Å². The van der Waals surface area contributed by atoms with Gasteiger partial charge in [0.25, 0.3) is 0 Å². The Morgan fingerprint density at radius 2 is 2.20 bits per heavy atom. The van der Waals surface area contributed by atoms with Gasteiger partial charge in [-0.05, 0) is 37.8 Å². The Morgan fingerprint density at radius 1 is 1.45 bits per heavy atom. The van der Waals surface area contributed by atoms with E-state index in [1.54, 1.807) is 0 Å². The van der Waals surface area contributed by atoms with Gasteiger partial charge in [0, 0.05) is 37.8 Å². The molecule has 1 fully saturated rings. The summed E-state index contributed by atoms with van der Waals surface area (Å²) >= 11 is 0. The van der Waals surface area contributed by atoms with Gasteiger partial charge in [-0.3, -0.25) is 4.79 Å². The molecular formula is C16H25N3O. The molecule has 4 nitrogen and oxygen atoms in total. The number of para-hydroxylation sites is 1. The third-order valence-corrected chi connectivity index (χ3v) is 3.82. The van der Waals surface area contributed by atoms with Crippen molar-refractivity contribution in [3.63, 3.8) is 0 Å². The van der Waals surface area contributed by atoms with Gasteiger partial charge < -0.3 is 16.0 Å². The maximum atomic E-state index is 11.7. The van der Waals surface area contributed by atoms with Crippen LogP contribution in [0.1, 0.15) is 26.2 Å². The average molecular weight is 275 g/mol. The summed E-state index contributed by atoms with van der Waals surface area (Å²) in [5.41, 5.74) is 6.93. The zero-order valence-electron chi connectivity index (χ0n) is 12.2. The molecule has 2 atom stereocenters. The predicted octanol–water partition coefficient (Wildman–Crippen LogP) is 1.76. The number of nitrogens with zero attached hydrogens (tertiary/aromatic N) is 1. The second-order valence-electron chi connectivity index (χ2n) is 5.76. The minimum Gasteiger partial charge on any atom is -0.371 e. The normalized spacial score (nSPS) is 19.9. The monoisotopic (exact) mass is 275 g/mol. The van der Waals surface area contributed by atoms with Gasteiger partial charge in [0.1, 0.15) is 0 Å². The Morgan fingerprint density at radius 3 is 2.90 bits per heavy atom. The zero-order valence-corrected chi connectivity index (χ0v) is 12.2. The number of rotatable bonds is 6. The number of nitrogens with two attached hydrogens (primary N) is 1.